The van der Waals surface area contributed by atoms with Crippen molar-refractivity contribution in [3.8, 4) is 5.75 Å². The Bertz CT molecular complexity index is 1130. The summed E-state index contributed by atoms with van der Waals surface area (Å²) in [5.74, 6) is 0.371. The summed E-state index contributed by atoms with van der Waals surface area (Å²) in [6.45, 7) is -0.0761. The van der Waals surface area contributed by atoms with Gasteiger partial charge in [0, 0.05) is 17.0 Å². The summed E-state index contributed by atoms with van der Waals surface area (Å²) in [6, 6.07) is 21.5. The second-order valence-electron chi connectivity index (χ2n) is 5.67. The molecule has 1 heterocycles. The van der Waals surface area contributed by atoms with Crippen LogP contribution in [-0.2, 0) is 0 Å². The second kappa shape index (κ2) is 6.24. The van der Waals surface area contributed by atoms with Crippen LogP contribution < -0.4 is 10.4 Å². The summed E-state index contributed by atoms with van der Waals surface area (Å²) in [5, 5.41) is 2.21. The molecule has 4 heteroatoms. The van der Waals surface area contributed by atoms with Gasteiger partial charge < -0.3 is 9.15 Å². The molecule has 122 valence electrons. The molecule has 0 amide bonds. The van der Waals surface area contributed by atoms with E-state index in [-0.39, 0.29) is 18.0 Å². The molecule has 0 aliphatic carbocycles. The maximum Gasteiger partial charge on any atom is 0.344 e. The lowest BCUT2D eigenvalue weighted by molar-refractivity contribution is 0.0921. The van der Waals surface area contributed by atoms with Crippen LogP contribution in [0.5, 0.6) is 5.75 Å². The lowest BCUT2D eigenvalue weighted by Gasteiger charge is -2.07. The summed E-state index contributed by atoms with van der Waals surface area (Å²) < 4.78 is 11.0. The van der Waals surface area contributed by atoms with E-state index < -0.39 is 0 Å². The van der Waals surface area contributed by atoms with E-state index >= 15 is 0 Å². The first-order valence-corrected chi connectivity index (χ1v) is 7.89. The fourth-order valence-electron chi connectivity index (χ4n) is 2.81. The van der Waals surface area contributed by atoms with Crippen LogP contribution in [0.4, 0.5) is 0 Å². The van der Waals surface area contributed by atoms with Crippen molar-refractivity contribution in [1.82, 2.24) is 0 Å². The number of hydrogen-bond donors (Lipinski definition) is 0. The molecule has 1 aromatic heterocycles. The number of Topliss-reactive ketones (excluding diaryl/α,β-unsaturated/α-hetero) is 1. The van der Waals surface area contributed by atoms with E-state index in [0.717, 1.165) is 10.8 Å². The first-order valence-electron chi connectivity index (χ1n) is 7.89. The molecular formula is C21H14O4. The highest BCUT2D eigenvalue weighted by molar-refractivity contribution is 6.04. The van der Waals surface area contributed by atoms with Gasteiger partial charge in [-0.05, 0) is 23.6 Å². The summed E-state index contributed by atoms with van der Waals surface area (Å²) in [7, 11) is 0. The summed E-state index contributed by atoms with van der Waals surface area (Å²) in [4.78, 5) is 24.2. The number of ketones is 1. The maximum atomic E-state index is 12.1. The van der Waals surface area contributed by atoms with Gasteiger partial charge in [-0.2, -0.15) is 0 Å². The van der Waals surface area contributed by atoms with Crippen LogP contribution in [0.3, 0.4) is 0 Å². The molecule has 0 N–H and O–H groups in total. The Labute approximate surface area is 143 Å². The normalized spacial score (nSPS) is 10.9. The van der Waals surface area contributed by atoms with Gasteiger partial charge in [0.15, 0.2) is 12.4 Å². The van der Waals surface area contributed by atoms with Crippen molar-refractivity contribution in [1.29, 1.82) is 0 Å². The Hall–Kier alpha value is -3.40. The molecule has 0 aliphatic rings. The Morgan fingerprint density at radius 3 is 2.36 bits per heavy atom. The smallest absolute Gasteiger partial charge is 0.344 e. The molecule has 0 radical (unpaired) electrons. The first kappa shape index (κ1) is 15.1. The molecule has 4 rings (SSSR count). The molecule has 0 unspecified atom stereocenters. The maximum absolute atomic E-state index is 12.1. The Kier molecular flexibility index (Phi) is 3.78. The molecule has 0 saturated heterocycles. The third kappa shape index (κ3) is 2.90. The van der Waals surface area contributed by atoms with Crippen molar-refractivity contribution in [3.05, 3.63) is 88.8 Å². The van der Waals surface area contributed by atoms with Crippen molar-refractivity contribution in [2.24, 2.45) is 0 Å². The Morgan fingerprint density at radius 1 is 0.840 bits per heavy atom. The highest BCUT2D eigenvalue weighted by Gasteiger charge is 2.10. The molecule has 3 aromatic carbocycles. The standard InChI is InChI=1S/C21H14O4/c22-19(14-6-2-1-3-7-14)13-24-15-10-11-17-16-8-4-5-9-18(16)21(23)25-20(17)12-15/h1-12H,13H2. The monoisotopic (exact) mass is 330 g/mol. The quantitative estimate of drug-likeness (QED) is 0.319. The zero-order valence-corrected chi connectivity index (χ0v) is 13.3. The molecule has 0 saturated carbocycles. The van der Waals surface area contributed by atoms with Crippen LogP contribution in [-0.4, -0.2) is 12.4 Å². The van der Waals surface area contributed by atoms with Gasteiger partial charge in [0.25, 0.3) is 0 Å². The topological polar surface area (TPSA) is 56.5 Å². The van der Waals surface area contributed by atoms with Gasteiger partial charge in [0.1, 0.15) is 11.3 Å². The molecule has 4 nitrogen and oxygen atoms in total. The van der Waals surface area contributed by atoms with Gasteiger partial charge in [-0.15, -0.1) is 0 Å². The largest absolute Gasteiger partial charge is 0.485 e. The number of carbonyl (C=O) groups excluding carboxylic acids is 1. The second-order valence-corrected chi connectivity index (χ2v) is 5.67. The van der Waals surface area contributed by atoms with E-state index in [0.29, 0.717) is 22.3 Å². The van der Waals surface area contributed by atoms with Crippen LogP contribution in [0, 0.1) is 0 Å². The van der Waals surface area contributed by atoms with Gasteiger partial charge in [0.2, 0.25) is 0 Å². The van der Waals surface area contributed by atoms with Crippen LogP contribution in [0.15, 0.2) is 82.0 Å². The third-order valence-electron chi connectivity index (χ3n) is 4.06. The van der Waals surface area contributed by atoms with Crippen molar-refractivity contribution in [2.45, 2.75) is 0 Å². The summed E-state index contributed by atoms with van der Waals surface area (Å²) >= 11 is 0. The van der Waals surface area contributed by atoms with E-state index in [2.05, 4.69) is 0 Å². The van der Waals surface area contributed by atoms with E-state index in [1.165, 1.54) is 0 Å². The minimum Gasteiger partial charge on any atom is -0.485 e. The number of hydrogen-bond acceptors (Lipinski definition) is 4. The predicted molar refractivity (Wildman–Crippen MR) is 96.3 cm³/mol. The molecule has 0 spiro atoms. The van der Waals surface area contributed by atoms with Crippen LogP contribution in [0.2, 0.25) is 0 Å². The Balaban J connectivity index is 1.64. The molecule has 0 aliphatic heterocycles. The molecule has 0 bridgehead atoms. The molecule has 0 atom stereocenters. The average Bonchev–Trinajstić information content (AvgIpc) is 2.67. The van der Waals surface area contributed by atoms with Gasteiger partial charge in [-0.1, -0.05) is 48.5 Å². The SMILES string of the molecule is O=C(COc1ccc2c(c1)oc(=O)c1ccccc12)c1ccccc1. The third-order valence-corrected chi connectivity index (χ3v) is 4.06. The lowest BCUT2D eigenvalue weighted by Crippen LogP contribution is -2.11. The summed E-state index contributed by atoms with van der Waals surface area (Å²) in [6.07, 6.45) is 0. The first-order chi connectivity index (χ1) is 12.2. The Morgan fingerprint density at radius 2 is 1.56 bits per heavy atom. The number of benzene rings is 3. The number of rotatable bonds is 4. The van der Waals surface area contributed by atoms with Crippen LogP contribution in [0.25, 0.3) is 21.7 Å². The number of fused-ring (bicyclic) bond motifs is 3. The van der Waals surface area contributed by atoms with E-state index in [9.17, 15) is 9.59 Å². The number of carbonyl (C=O) groups is 1. The highest BCUT2D eigenvalue weighted by Crippen LogP contribution is 2.26. The van der Waals surface area contributed by atoms with E-state index in [1.807, 2.05) is 36.4 Å². The minimum absolute atomic E-state index is 0.0761. The van der Waals surface area contributed by atoms with E-state index in [1.54, 1.807) is 36.4 Å². The van der Waals surface area contributed by atoms with Crippen LogP contribution in [0.1, 0.15) is 10.4 Å². The van der Waals surface area contributed by atoms with Crippen molar-refractivity contribution < 1.29 is 13.9 Å². The fourth-order valence-corrected chi connectivity index (χ4v) is 2.81. The molecular weight excluding hydrogens is 316 g/mol. The van der Waals surface area contributed by atoms with Gasteiger partial charge in [-0.25, -0.2) is 4.79 Å². The van der Waals surface area contributed by atoms with Gasteiger partial charge in [-0.3, -0.25) is 4.79 Å². The zero-order valence-electron chi connectivity index (χ0n) is 13.3. The highest BCUT2D eigenvalue weighted by atomic mass is 16.5. The molecule has 4 aromatic rings. The van der Waals surface area contributed by atoms with Gasteiger partial charge in [0.05, 0.1) is 5.39 Å². The van der Waals surface area contributed by atoms with Crippen LogP contribution >= 0.6 is 0 Å². The van der Waals surface area contributed by atoms with E-state index in [4.69, 9.17) is 9.15 Å². The minimum atomic E-state index is -0.388. The zero-order chi connectivity index (χ0) is 17.2. The van der Waals surface area contributed by atoms with Gasteiger partial charge >= 0.3 is 5.63 Å². The predicted octanol–water partition coefficient (Wildman–Crippen LogP) is 4.21. The lowest BCUT2D eigenvalue weighted by atomic mass is 10.1. The molecule has 25 heavy (non-hydrogen) atoms. The fraction of sp³-hybridized carbons (Fsp3) is 0.0476. The average molecular weight is 330 g/mol. The summed E-state index contributed by atoms with van der Waals surface area (Å²) in [5.41, 5.74) is 0.648. The van der Waals surface area contributed by atoms with Crippen molar-refractivity contribution in [3.63, 3.8) is 0 Å². The van der Waals surface area contributed by atoms with Crippen molar-refractivity contribution >= 4 is 27.5 Å². The molecule has 0 fully saturated rings. The number of ether oxygens (including phenoxy) is 1. The van der Waals surface area contributed by atoms with Crippen molar-refractivity contribution in [2.75, 3.05) is 6.61 Å².